The predicted molar refractivity (Wildman–Crippen MR) is 46.3 cm³/mol. The number of carbonyl (C=O) groups is 1. The standard InChI is InChI=1S/C9H15NO2/c1-2-12-8(11)9(10)6-4-3-5-7-9/h2H,1,3-7,10H2. The summed E-state index contributed by atoms with van der Waals surface area (Å²) in [4.78, 5) is 11.3. The monoisotopic (exact) mass is 169 g/mol. The molecule has 1 saturated carbocycles. The van der Waals surface area contributed by atoms with Crippen LogP contribution in [0.2, 0.25) is 0 Å². The number of esters is 1. The van der Waals surface area contributed by atoms with Crippen LogP contribution < -0.4 is 5.73 Å². The van der Waals surface area contributed by atoms with E-state index in [0.29, 0.717) is 0 Å². The van der Waals surface area contributed by atoms with Crippen molar-refractivity contribution in [3.8, 4) is 0 Å². The van der Waals surface area contributed by atoms with E-state index in [1.807, 2.05) is 0 Å². The van der Waals surface area contributed by atoms with E-state index in [9.17, 15) is 4.79 Å². The third-order valence-electron chi connectivity index (χ3n) is 2.34. The van der Waals surface area contributed by atoms with Crippen molar-refractivity contribution in [3.05, 3.63) is 12.8 Å². The van der Waals surface area contributed by atoms with E-state index < -0.39 is 5.54 Å². The largest absolute Gasteiger partial charge is 0.434 e. The fourth-order valence-electron chi connectivity index (χ4n) is 1.58. The maximum atomic E-state index is 11.3. The maximum Gasteiger partial charge on any atom is 0.330 e. The quantitative estimate of drug-likeness (QED) is 0.501. The van der Waals surface area contributed by atoms with Gasteiger partial charge in [0, 0.05) is 0 Å². The second kappa shape index (κ2) is 3.72. The van der Waals surface area contributed by atoms with Crippen LogP contribution in [0.4, 0.5) is 0 Å². The fourth-order valence-corrected chi connectivity index (χ4v) is 1.58. The van der Waals surface area contributed by atoms with Crippen LogP contribution in [0.25, 0.3) is 0 Å². The van der Waals surface area contributed by atoms with E-state index in [-0.39, 0.29) is 5.97 Å². The van der Waals surface area contributed by atoms with Crippen LogP contribution in [0.5, 0.6) is 0 Å². The van der Waals surface area contributed by atoms with Crippen LogP contribution in [-0.2, 0) is 9.53 Å². The predicted octanol–water partition coefficient (Wildman–Crippen LogP) is 1.33. The van der Waals surface area contributed by atoms with Gasteiger partial charge in [-0.15, -0.1) is 0 Å². The maximum absolute atomic E-state index is 11.3. The highest BCUT2D eigenvalue weighted by atomic mass is 16.5. The van der Waals surface area contributed by atoms with Gasteiger partial charge in [-0.05, 0) is 12.8 Å². The lowest BCUT2D eigenvalue weighted by Crippen LogP contribution is -2.49. The molecule has 3 nitrogen and oxygen atoms in total. The number of hydrogen-bond acceptors (Lipinski definition) is 3. The van der Waals surface area contributed by atoms with Crippen molar-refractivity contribution in [2.45, 2.75) is 37.6 Å². The summed E-state index contributed by atoms with van der Waals surface area (Å²) in [6.07, 6.45) is 5.82. The molecule has 0 aromatic carbocycles. The van der Waals surface area contributed by atoms with E-state index in [0.717, 1.165) is 31.9 Å². The minimum absolute atomic E-state index is 0.336. The Bertz CT molecular complexity index is 183. The molecule has 1 aliphatic carbocycles. The van der Waals surface area contributed by atoms with Crippen molar-refractivity contribution in [2.24, 2.45) is 5.73 Å². The lowest BCUT2D eigenvalue weighted by molar-refractivity contribution is -0.145. The molecule has 0 unspecified atom stereocenters. The Morgan fingerprint density at radius 1 is 1.42 bits per heavy atom. The van der Waals surface area contributed by atoms with Gasteiger partial charge in [0.25, 0.3) is 0 Å². The van der Waals surface area contributed by atoms with Crippen LogP contribution in [0.1, 0.15) is 32.1 Å². The molecule has 3 heteroatoms. The van der Waals surface area contributed by atoms with Gasteiger partial charge in [-0.1, -0.05) is 25.8 Å². The summed E-state index contributed by atoms with van der Waals surface area (Å²) in [6, 6.07) is 0. The summed E-state index contributed by atoms with van der Waals surface area (Å²) in [5.41, 5.74) is 5.12. The number of hydrogen-bond donors (Lipinski definition) is 1. The number of ether oxygens (including phenoxy) is 1. The van der Waals surface area contributed by atoms with E-state index in [4.69, 9.17) is 5.73 Å². The lowest BCUT2D eigenvalue weighted by Gasteiger charge is -2.29. The minimum atomic E-state index is -0.744. The molecule has 12 heavy (non-hydrogen) atoms. The highest BCUT2D eigenvalue weighted by Crippen LogP contribution is 2.26. The van der Waals surface area contributed by atoms with E-state index in [2.05, 4.69) is 11.3 Å². The molecular formula is C9H15NO2. The van der Waals surface area contributed by atoms with Gasteiger partial charge >= 0.3 is 5.97 Å². The van der Waals surface area contributed by atoms with E-state index >= 15 is 0 Å². The van der Waals surface area contributed by atoms with Crippen LogP contribution in [-0.4, -0.2) is 11.5 Å². The zero-order valence-corrected chi connectivity index (χ0v) is 7.21. The zero-order chi connectivity index (χ0) is 9.03. The summed E-state index contributed by atoms with van der Waals surface area (Å²) in [7, 11) is 0. The van der Waals surface area contributed by atoms with E-state index in [1.165, 1.54) is 6.42 Å². The Morgan fingerprint density at radius 2 is 2.00 bits per heavy atom. The Balaban J connectivity index is 2.55. The average Bonchev–Trinajstić information content (AvgIpc) is 2.06. The topological polar surface area (TPSA) is 52.3 Å². The average molecular weight is 169 g/mol. The van der Waals surface area contributed by atoms with Gasteiger partial charge in [0.15, 0.2) is 0 Å². The normalized spacial score (nSPS) is 21.4. The summed E-state index contributed by atoms with van der Waals surface area (Å²) >= 11 is 0. The van der Waals surface area contributed by atoms with Gasteiger partial charge in [0.1, 0.15) is 5.54 Å². The van der Waals surface area contributed by atoms with Gasteiger partial charge in [-0.25, -0.2) is 4.79 Å². The lowest BCUT2D eigenvalue weighted by atomic mass is 9.83. The summed E-state index contributed by atoms with van der Waals surface area (Å²) in [6.45, 7) is 3.33. The third kappa shape index (κ3) is 1.85. The van der Waals surface area contributed by atoms with Crippen molar-refractivity contribution < 1.29 is 9.53 Å². The summed E-state index contributed by atoms with van der Waals surface area (Å²) in [5, 5.41) is 0. The molecule has 0 aliphatic heterocycles. The molecule has 0 radical (unpaired) electrons. The first kappa shape index (κ1) is 9.26. The third-order valence-corrected chi connectivity index (χ3v) is 2.34. The molecule has 1 fully saturated rings. The molecule has 1 aliphatic rings. The second-order valence-corrected chi connectivity index (χ2v) is 3.29. The van der Waals surface area contributed by atoms with Gasteiger partial charge in [-0.3, -0.25) is 0 Å². The van der Waals surface area contributed by atoms with Gasteiger partial charge in [0.05, 0.1) is 6.26 Å². The zero-order valence-electron chi connectivity index (χ0n) is 7.21. The van der Waals surface area contributed by atoms with Gasteiger partial charge < -0.3 is 10.5 Å². The van der Waals surface area contributed by atoms with Crippen molar-refractivity contribution in [1.29, 1.82) is 0 Å². The Hall–Kier alpha value is -0.830. The molecule has 0 atom stereocenters. The molecule has 1 rings (SSSR count). The van der Waals surface area contributed by atoms with Gasteiger partial charge in [-0.2, -0.15) is 0 Å². The molecule has 0 spiro atoms. The number of nitrogens with two attached hydrogens (primary N) is 1. The molecule has 0 amide bonds. The smallest absolute Gasteiger partial charge is 0.330 e. The van der Waals surface area contributed by atoms with Crippen LogP contribution in [0, 0.1) is 0 Å². The van der Waals surface area contributed by atoms with Crippen LogP contribution >= 0.6 is 0 Å². The first-order chi connectivity index (χ1) is 5.69. The fraction of sp³-hybridized carbons (Fsp3) is 0.667. The van der Waals surface area contributed by atoms with Crippen molar-refractivity contribution >= 4 is 5.97 Å². The highest BCUT2D eigenvalue weighted by Gasteiger charge is 2.36. The summed E-state index contributed by atoms with van der Waals surface area (Å²) < 4.78 is 4.68. The molecule has 0 saturated heterocycles. The van der Waals surface area contributed by atoms with Gasteiger partial charge in [0.2, 0.25) is 0 Å². The number of rotatable bonds is 2. The molecule has 2 N–H and O–H groups in total. The second-order valence-electron chi connectivity index (χ2n) is 3.29. The Kier molecular flexibility index (Phi) is 2.87. The first-order valence-electron chi connectivity index (χ1n) is 4.30. The Morgan fingerprint density at radius 3 is 2.50 bits per heavy atom. The molecule has 68 valence electrons. The van der Waals surface area contributed by atoms with E-state index in [1.54, 1.807) is 0 Å². The molecule has 0 heterocycles. The van der Waals surface area contributed by atoms with Crippen molar-refractivity contribution in [1.82, 2.24) is 0 Å². The molecule has 0 bridgehead atoms. The highest BCUT2D eigenvalue weighted by molar-refractivity contribution is 5.81. The first-order valence-corrected chi connectivity index (χ1v) is 4.30. The SMILES string of the molecule is C=COC(=O)C1(N)CCCCC1. The summed E-state index contributed by atoms with van der Waals surface area (Å²) in [5.74, 6) is -0.336. The molecular weight excluding hydrogens is 154 g/mol. The molecule has 0 aromatic rings. The van der Waals surface area contributed by atoms with Crippen LogP contribution in [0.3, 0.4) is 0 Å². The molecule has 0 aromatic heterocycles. The van der Waals surface area contributed by atoms with Crippen molar-refractivity contribution in [3.63, 3.8) is 0 Å². The van der Waals surface area contributed by atoms with Crippen LogP contribution in [0.15, 0.2) is 12.8 Å². The number of carbonyl (C=O) groups excluding carboxylic acids is 1. The Labute approximate surface area is 72.6 Å². The minimum Gasteiger partial charge on any atom is -0.434 e. The van der Waals surface area contributed by atoms with Crippen molar-refractivity contribution in [2.75, 3.05) is 0 Å².